The summed E-state index contributed by atoms with van der Waals surface area (Å²) in [5, 5.41) is 0. The molecule has 2 aromatic rings. The Hall–Kier alpha value is -1.91. The first kappa shape index (κ1) is 12.5. The zero-order valence-electron chi connectivity index (χ0n) is 9.62. The fraction of sp³-hybridized carbons (Fsp3) is 0.231. The van der Waals surface area contributed by atoms with Crippen molar-refractivity contribution in [1.82, 2.24) is 0 Å². The summed E-state index contributed by atoms with van der Waals surface area (Å²) < 4.78 is 45.9. The molecule has 96 valence electrons. The Bertz CT molecular complexity index is 516. The Kier molecular flexibility index (Phi) is 3.32. The average Bonchev–Trinajstić information content (AvgIpc) is 2.79. The molecule has 18 heavy (non-hydrogen) atoms. The van der Waals surface area contributed by atoms with E-state index in [-0.39, 0.29) is 5.75 Å². The first-order chi connectivity index (χ1) is 8.46. The largest absolute Gasteiger partial charge is 0.484 e. The highest BCUT2D eigenvalue weighted by atomic mass is 19.4. The van der Waals surface area contributed by atoms with E-state index in [1.165, 1.54) is 6.07 Å². The normalized spacial score (nSPS) is 11.6. The smallest absolute Gasteiger partial charge is 0.422 e. The second kappa shape index (κ2) is 4.76. The molecule has 2 nitrogen and oxygen atoms in total. The summed E-state index contributed by atoms with van der Waals surface area (Å²) in [6.07, 6.45) is -2.78. The molecular formula is C13H11F3O2. The molecule has 0 atom stereocenters. The Morgan fingerprint density at radius 3 is 2.56 bits per heavy atom. The standard InChI is InChI=1S/C13H11F3O2/c1-9-7-10(18-8-13(14,15)16)4-5-11(9)12-3-2-6-17-12/h2-7H,8H2,1H3. The molecule has 1 aromatic heterocycles. The van der Waals surface area contributed by atoms with Crippen LogP contribution in [0.4, 0.5) is 13.2 Å². The van der Waals surface area contributed by atoms with Gasteiger partial charge in [0.05, 0.1) is 6.26 Å². The molecule has 0 saturated carbocycles. The molecule has 0 radical (unpaired) electrons. The van der Waals surface area contributed by atoms with Crippen molar-refractivity contribution in [2.24, 2.45) is 0 Å². The molecule has 0 fully saturated rings. The van der Waals surface area contributed by atoms with Gasteiger partial charge in [-0.3, -0.25) is 0 Å². The fourth-order valence-electron chi connectivity index (χ4n) is 1.60. The molecule has 0 bridgehead atoms. The van der Waals surface area contributed by atoms with E-state index in [0.29, 0.717) is 5.76 Å². The lowest BCUT2D eigenvalue weighted by molar-refractivity contribution is -0.153. The predicted molar refractivity (Wildman–Crippen MR) is 60.4 cm³/mol. The summed E-state index contributed by atoms with van der Waals surface area (Å²) in [7, 11) is 0. The highest BCUT2D eigenvalue weighted by Gasteiger charge is 2.28. The molecule has 0 N–H and O–H groups in total. The molecule has 0 aliphatic rings. The third-order valence-electron chi connectivity index (χ3n) is 2.39. The number of aryl methyl sites for hydroxylation is 1. The Morgan fingerprint density at radius 1 is 1.22 bits per heavy atom. The summed E-state index contributed by atoms with van der Waals surface area (Å²) in [4.78, 5) is 0. The van der Waals surface area contributed by atoms with E-state index in [9.17, 15) is 13.2 Å². The maximum Gasteiger partial charge on any atom is 0.422 e. The van der Waals surface area contributed by atoms with Gasteiger partial charge in [-0.2, -0.15) is 13.2 Å². The number of alkyl halides is 3. The van der Waals surface area contributed by atoms with Gasteiger partial charge in [0.25, 0.3) is 0 Å². The third kappa shape index (κ3) is 3.06. The Labute approximate surface area is 102 Å². The molecule has 0 aliphatic carbocycles. The molecule has 0 amide bonds. The molecule has 0 aliphatic heterocycles. The monoisotopic (exact) mass is 256 g/mol. The van der Waals surface area contributed by atoms with E-state index < -0.39 is 12.8 Å². The lowest BCUT2D eigenvalue weighted by atomic mass is 10.1. The maximum atomic E-state index is 12.0. The maximum absolute atomic E-state index is 12.0. The van der Waals surface area contributed by atoms with Crippen molar-refractivity contribution in [3.8, 4) is 17.1 Å². The van der Waals surface area contributed by atoms with Gasteiger partial charge in [0.15, 0.2) is 6.61 Å². The molecule has 1 aromatic carbocycles. The van der Waals surface area contributed by atoms with Crippen LogP contribution in [-0.2, 0) is 0 Å². The number of ether oxygens (including phenoxy) is 1. The van der Waals surface area contributed by atoms with Crippen molar-refractivity contribution >= 4 is 0 Å². The summed E-state index contributed by atoms with van der Waals surface area (Å²) in [6, 6.07) is 8.28. The molecule has 0 spiro atoms. The van der Waals surface area contributed by atoms with E-state index in [2.05, 4.69) is 4.74 Å². The van der Waals surface area contributed by atoms with Gasteiger partial charge >= 0.3 is 6.18 Å². The van der Waals surface area contributed by atoms with Crippen molar-refractivity contribution in [3.05, 3.63) is 42.2 Å². The van der Waals surface area contributed by atoms with Crippen LogP contribution in [0, 0.1) is 6.92 Å². The van der Waals surface area contributed by atoms with E-state index in [4.69, 9.17) is 4.42 Å². The summed E-state index contributed by atoms with van der Waals surface area (Å²) >= 11 is 0. The van der Waals surface area contributed by atoms with Crippen LogP contribution in [0.1, 0.15) is 5.56 Å². The minimum Gasteiger partial charge on any atom is -0.484 e. The quantitative estimate of drug-likeness (QED) is 0.821. The average molecular weight is 256 g/mol. The van der Waals surface area contributed by atoms with Crippen LogP contribution < -0.4 is 4.74 Å². The third-order valence-corrected chi connectivity index (χ3v) is 2.39. The van der Waals surface area contributed by atoms with Gasteiger partial charge < -0.3 is 9.15 Å². The van der Waals surface area contributed by atoms with Gasteiger partial charge in [0.2, 0.25) is 0 Å². The van der Waals surface area contributed by atoms with Gasteiger partial charge in [-0.05, 0) is 42.8 Å². The molecule has 1 heterocycles. The second-order valence-electron chi connectivity index (χ2n) is 3.86. The lowest BCUT2D eigenvalue weighted by Gasteiger charge is -2.10. The molecule has 5 heteroatoms. The van der Waals surface area contributed by atoms with Crippen LogP contribution in [0.2, 0.25) is 0 Å². The topological polar surface area (TPSA) is 22.4 Å². The molecule has 0 saturated heterocycles. The first-order valence-corrected chi connectivity index (χ1v) is 5.30. The number of furan rings is 1. The van der Waals surface area contributed by atoms with Crippen molar-refractivity contribution in [2.45, 2.75) is 13.1 Å². The minimum absolute atomic E-state index is 0.195. The fourth-order valence-corrected chi connectivity index (χ4v) is 1.60. The first-order valence-electron chi connectivity index (χ1n) is 5.30. The summed E-state index contributed by atoms with van der Waals surface area (Å²) in [6.45, 7) is 0.505. The van der Waals surface area contributed by atoms with Crippen LogP contribution in [-0.4, -0.2) is 12.8 Å². The van der Waals surface area contributed by atoms with Gasteiger partial charge in [0.1, 0.15) is 11.5 Å². The molecule has 0 unspecified atom stereocenters. The van der Waals surface area contributed by atoms with Gasteiger partial charge in [-0.1, -0.05) is 0 Å². The van der Waals surface area contributed by atoms with Gasteiger partial charge in [0, 0.05) is 5.56 Å². The van der Waals surface area contributed by atoms with Gasteiger partial charge in [-0.25, -0.2) is 0 Å². The van der Waals surface area contributed by atoms with E-state index in [1.807, 2.05) is 0 Å². The SMILES string of the molecule is Cc1cc(OCC(F)(F)F)ccc1-c1ccco1. The molecule has 2 rings (SSSR count). The second-order valence-corrected chi connectivity index (χ2v) is 3.86. The van der Waals surface area contributed by atoms with Crippen LogP contribution in [0.25, 0.3) is 11.3 Å². The van der Waals surface area contributed by atoms with E-state index >= 15 is 0 Å². The van der Waals surface area contributed by atoms with Crippen LogP contribution in [0.3, 0.4) is 0 Å². The zero-order chi connectivity index (χ0) is 13.2. The number of benzene rings is 1. The molecular weight excluding hydrogens is 245 g/mol. The number of halogens is 3. The number of hydrogen-bond acceptors (Lipinski definition) is 2. The summed E-state index contributed by atoms with van der Waals surface area (Å²) in [5.41, 5.74) is 1.63. The van der Waals surface area contributed by atoms with E-state index in [1.54, 1.807) is 37.5 Å². The van der Waals surface area contributed by atoms with Crippen LogP contribution >= 0.6 is 0 Å². The van der Waals surface area contributed by atoms with Crippen molar-refractivity contribution in [3.63, 3.8) is 0 Å². The Balaban J connectivity index is 2.15. The number of hydrogen-bond donors (Lipinski definition) is 0. The van der Waals surface area contributed by atoms with Gasteiger partial charge in [-0.15, -0.1) is 0 Å². The minimum atomic E-state index is -4.33. The van der Waals surface area contributed by atoms with Crippen molar-refractivity contribution in [2.75, 3.05) is 6.61 Å². The number of rotatable bonds is 3. The highest BCUT2D eigenvalue weighted by molar-refractivity contribution is 5.63. The highest BCUT2D eigenvalue weighted by Crippen LogP contribution is 2.28. The van der Waals surface area contributed by atoms with Crippen molar-refractivity contribution in [1.29, 1.82) is 0 Å². The Morgan fingerprint density at radius 2 is 2.00 bits per heavy atom. The van der Waals surface area contributed by atoms with Crippen molar-refractivity contribution < 1.29 is 22.3 Å². The zero-order valence-corrected chi connectivity index (χ0v) is 9.62. The van der Waals surface area contributed by atoms with E-state index in [0.717, 1.165) is 11.1 Å². The predicted octanol–water partition coefficient (Wildman–Crippen LogP) is 4.20. The summed E-state index contributed by atoms with van der Waals surface area (Å²) in [5.74, 6) is 0.870. The van der Waals surface area contributed by atoms with Crippen LogP contribution in [0.15, 0.2) is 41.0 Å². The van der Waals surface area contributed by atoms with Crippen LogP contribution in [0.5, 0.6) is 5.75 Å². The lowest BCUT2D eigenvalue weighted by Crippen LogP contribution is -2.19.